The molecule has 5 rings (SSSR count). The van der Waals surface area contributed by atoms with E-state index in [0.29, 0.717) is 34.2 Å². The van der Waals surface area contributed by atoms with Gasteiger partial charge in [-0.05, 0) is 37.6 Å². The predicted octanol–water partition coefficient (Wildman–Crippen LogP) is 4.91. The summed E-state index contributed by atoms with van der Waals surface area (Å²) in [6.07, 6.45) is 3.38. The molecule has 1 aliphatic heterocycles. The lowest BCUT2D eigenvalue weighted by Crippen LogP contribution is -2.49. The number of benzene rings is 1. The summed E-state index contributed by atoms with van der Waals surface area (Å²) < 4.78 is 5.15. The zero-order chi connectivity index (χ0) is 29.1. The third-order valence-corrected chi connectivity index (χ3v) is 7.23. The van der Waals surface area contributed by atoms with Crippen molar-refractivity contribution in [2.24, 2.45) is 0 Å². The number of hydrogen-bond acceptors (Lipinski definition) is 10. The molecule has 12 heteroatoms. The summed E-state index contributed by atoms with van der Waals surface area (Å²) in [4.78, 5) is 32.6. The maximum absolute atomic E-state index is 12.7. The molecule has 1 unspecified atom stereocenters. The molecule has 11 nitrogen and oxygen atoms in total. The number of piperazine rings is 1. The molecule has 1 aliphatic rings. The standard InChI is InChI=1S/C29H34ClN9O2/c1-17-14-31-10-11-39(17)20-7-9-24(32-15-20)36-25-13-23(33-16-34-25)19-6-8-21(22(30)12-19)18(2)35-26(40)27-37-28(38-41-27)29(3,4)5/h6-9,12-13,15-18,31H,10-11,14H2,1-5H3,(H,35,40)(H,32,33,34,36)/t17-,18?/m0/s1. The van der Waals surface area contributed by atoms with Crippen molar-refractivity contribution in [3.8, 4) is 11.3 Å². The highest BCUT2D eigenvalue weighted by Crippen LogP contribution is 2.30. The van der Waals surface area contributed by atoms with Gasteiger partial charge in [-0.2, -0.15) is 4.98 Å². The van der Waals surface area contributed by atoms with Gasteiger partial charge in [-0.25, -0.2) is 15.0 Å². The lowest BCUT2D eigenvalue weighted by Gasteiger charge is -2.35. The fourth-order valence-electron chi connectivity index (χ4n) is 4.56. The quantitative estimate of drug-likeness (QED) is 0.279. The summed E-state index contributed by atoms with van der Waals surface area (Å²) in [6.45, 7) is 12.8. The van der Waals surface area contributed by atoms with Crippen LogP contribution in [0.3, 0.4) is 0 Å². The maximum atomic E-state index is 12.7. The van der Waals surface area contributed by atoms with Gasteiger partial charge in [-0.1, -0.05) is 49.7 Å². The summed E-state index contributed by atoms with van der Waals surface area (Å²) in [6, 6.07) is 11.5. The number of nitrogens with zero attached hydrogens (tertiary/aromatic N) is 6. The van der Waals surface area contributed by atoms with Gasteiger partial charge in [0.15, 0.2) is 5.82 Å². The van der Waals surface area contributed by atoms with Gasteiger partial charge in [0.1, 0.15) is 18.0 Å². The van der Waals surface area contributed by atoms with Gasteiger partial charge in [0.2, 0.25) is 0 Å². The van der Waals surface area contributed by atoms with E-state index in [1.165, 1.54) is 6.33 Å². The summed E-state index contributed by atoms with van der Waals surface area (Å²) in [5.74, 6) is 1.22. The Morgan fingerprint density at radius 2 is 1.98 bits per heavy atom. The second kappa shape index (κ2) is 11.8. The number of amides is 1. The van der Waals surface area contributed by atoms with E-state index in [1.54, 1.807) is 0 Å². The summed E-state index contributed by atoms with van der Waals surface area (Å²) in [7, 11) is 0. The molecule has 3 aromatic heterocycles. The molecule has 0 aliphatic carbocycles. The second-order valence-electron chi connectivity index (χ2n) is 11.2. The van der Waals surface area contributed by atoms with Crippen LogP contribution in [-0.4, -0.2) is 56.7 Å². The number of halogens is 1. The van der Waals surface area contributed by atoms with Crippen LogP contribution in [0.25, 0.3) is 11.3 Å². The topological polar surface area (TPSA) is 134 Å². The number of anilines is 3. The highest BCUT2D eigenvalue weighted by molar-refractivity contribution is 6.31. The third-order valence-electron chi connectivity index (χ3n) is 6.91. The van der Waals surface area contributed by atoms with E-state index in [-0.39, 0.29) is 11.3 Å². The van der Waals surface area contributed by atoms with Crippen LogP contribution in [-0.2, 0) is 5.41 Å². The molecule has 0 radical (unpaired) electrons. The van der Waals surface area contributed by atoms with E-state index in [1.807, 2.05) is 64.2 Å². The number of hydrogen-bond donors (Lipinski definition) is 3. The van der Waals surface area contributed by atoms with Crippen molar-refractivity contribution in [3.63, 3.8) is 0 Å². The average molecular weight is 576 g/mol. The summed E-state index contributed by atoms with van der Waals surface area (Å²) in [5, 5.41) is 13.9. The first-order valence-electron chi connectivity index (χ1n) is 13.6. The highest BCUT2D eigenvalue weighted by atomic mass is 35.5. The molecule has 0 saturated carbocycles. The first kappa shape index (κ1) is 28.4. The van der Waals surface area contributed by atoms with Crippen LogP contribution in [0.1, 0.15) is 62.7 Å². The van der Waals surface area contributed by atoms with Crippen molar-refractivity contribution >= 4 is 34.8 Å². The van der Waals surface area contributed by atoms with Crippen LogP contribution in [0.5, 0.6) is 0 Å². The molecule has 1 aromatic carbocycles. The van der Waals surface area contributed by atoms with Crippen LogP contribution in [0, 0.1) is 0 Å². The monoisotopic (exact) mass is 575 g/mol. The Kier molecular flexibility index (Phi) is 8.18. The first-order chi connectivity index (χ1) is 19.6. The molecular weight excluding hydrogens is 542 g/mol. The Bertz CT molecular complexity index is 1520. The minimum atomic E-state index is -0.462. The van der Waals surface area contributed by atoms with E-state index < -0.39 is 11.9 Å². The van der Waals surface area contributed by atoms with E-state index in [2.05, 4.69) is 58.9 Å². The van der Waals surface area contributed by atoms with Crippen molar-refractivity contribution in [2.45, 2.75) is 52.1 Å². The van der Waals surface area contributed by atoms with Gasteiger partial charge >= 0.3 is 11.8 Å². The van der Waals surface area contributed by atoms with Crippen LogP contribution in [0.15, 0.2) is 53.4 Å². The van der Waals surface area contributed by atoms with Gasteiger partial charge in [0.25, 0.3) is 0 Å². The molecule has 0 bridgehead atoms. The van der Waals surface area contributed by atoms with Gasteiger partial charge in [-0.15, -0.1) is 0 Å². The highest BCUT2D eigenvalue weighted by Gasteiger charge is 2.25. The number of nitrogens with one attached hydrogen (secondary N) is 3. The van der Waals surface area contributed by atoms with Gasteiger partial charge in [0, 0.05) is 47.7 Å². The fourth-order valence-corrected chi connectivity index (χ4v) is 4.91. The Labute approximate surface area is 244 Å². The smallest absolute Gasteiger partial charge is 0.315 e. The van der Waals surface area contributed by atoms with Crippen LogP contribution < -0.4 is 20.9 Å². The molecule has 2 atom stereocenters. The molecule has 1 amide bonds. The minimum absolute atomic E-state index is 0.0852. The average Bonchev–Trinajstić information content (AvgIpc) is 3.46. The molecule has 0 spiro atoms. The Morgan fingerprint density at radius 3 is 2.66 bits per heavy atom. The lowest BCUT2D eigenvalue weighted by atomic mass is 9.96. The van der Waals surface area contributed by atoms with Crippen molar-refractivity contribution in [1.29, 1.82) is 0 Å². The molecule has 214 valence electrons. The number of rotatable bonds is 7. The third kappa shape index (κ3) is 6.63. The number of pyridine rings is 1. The Hall–Kier alpha value is -4.09. The van der Waals surface area contributed by atoms with Crippen molar-refractivity contribution in [1.82, 2.24) is 35.7 Å². The molecule has 1 fully saturated rings. The Balaban J connectivity index is 1.25. The van der Waals surface area contributed by atoms with Crippen molar-refractivity contribution < 1.29 is 9.32 Å². The Morgan fingerprint density at radius 1 is 1.15 bits per heavy atom. The molecule has 41 heavy (non-hydrogen) atoms. The van der Waals surface area contributed by atoms with E-state index in [0.717, 1.165) is 36.4 Å². The number of carbonyl (C=O) groups excluding carboxylic acids is 1. The van der Waals surface area contributed by atoms with Crippen LogP contribution in [0.4, 0.5) is 17.3 Å². The molecule has 4 heterocycles. The molecule has 1 saturated heterocycles. The van der Waals surface area contributed by atoms with E-state index in [9.17, 15) is 4.79 Å². The van der Waals surface area contributed by atoms with Gasteiger partial charge in [-0.3, -0.25) is 4.79 Å². The summed E-state index contributed by atoms with van der Waals surface area (Å²) in [5.41, 5.74) is 3.02. The predicted molar refractivity (Wildman–Crippen MR) is 159 cm³/mol. The van der Waals surface area contributed by atoms with Crippen molar-refractivity contribution in [2.75, 3.05) is 29.9 Å². The van der Waals surface area contributed by atoms with Gasteiger partial charge in [0.05, 0.1) is 23.6 Å². The van der Waals surface area contributed by atoms with Crippen LogP contribution >= 0.6 is 11.6 Å². The molecule has 3 N–H and O–H groups in total. The minimum Gasteiger partial charge on any atom is -0.365 e. The first-order valence-corrected chi connectivity index (χ1v) is 13.9. The fraction of sp³-hybridized carbons (Fsp3) is 0.379. The van der Waals surface area contributed by atoms with Crippen molar-refractivity contribution in [3.05, 3.63) is 71.2 Å². The molecular formula is C29H34ClN9O2. The summed E-state index contributed by atoms with van der Waals surface area (Å²) >= 11 is 6.65. The van der Waals surface area contributed by atoms with E-state index in [4.69, 9.17) is 16.1 Å². The maximum Gasteiger partial charge on any atom is 0.315 e. The zero-order valence-electron chi connectivity index (χ0n) is 23.8. The van der Waals surface area contributed by atoms with Crippen LogP contribution in [0.2, 0.25) is 5.02 Å². The van der Waals surface area contributed by atoms with Gasteiger partial charge < -0.3 is 25.4 Å². The van der Waals surface area contributed by atoms with E-state index >= 15 is 0 Å². The normalized spacial score (nSPS) is 16.3. The zero-order valence-corrected chi connectivity index (χ0v) is 24.5. The second-order valence-corrected chi connectivity index (χ2v) is 11.6. The lowest BCUT2D eigenvalue weighted by molar-refractivity contribution is 0.0895. The SMILES string of the molecule is CC(NC(=O)c1nc(C(C)(C)C)no1)c1ccc(-c2cc(Nc3ccc(N4CCNC[C@@H]4C)cn3)ncn2)cc1Cl. The molecule has 4 aromatic rings. The number of aromatic nitrogens is 5. The number of carbonyl (C=O) groups is 1. The largest absolute Gasteiger partial charge is 0.365 e.